The summed E-state index contributed by atoms with van der Waals surface area (Å²) in [5, 5.41) is 10.1. The summed E-state index contributed by atoms with van der Waals surface area (Å²) in [7, 11) is 0. The molecule has 2 saturated heterocycles. The minimum Gasteiger partial charge on any atom is -0.465 e. The molecule has 8 nitrogen and oxygen atoms in total. The van der Waals surface area contributed by atoms with Gasteiger partial charge in [0.25, 0.3) is 0 Å². The number of hydrogen-bond donors (Lipinski definition) is 1. The Morgan fingerprint density at radius 1 is 1.09 bits per heavy atom. The zero-order valence-corrected chi connectivity index (χ0v) is 20.1. The van der Waals surface area contributed by atoms with Crippen molar-refractivity contribution >= 4 is 17.8 Å². The highest BCUT2D eigenvalue weighted by molar-refractivity contribution is 5.99. The molecule has 1 aromatic rings. The van der Waals surface area contributed by atoms with E-state index in [0.717, 1.165) is 5.56 Å². The van der Waals surface area contributed by atoms with Gasteiger partial charge in [0.2, 0.25) is 11.8 Å². The molecule has 4 aliphatic rings. The van der Waals surface area contributed by atoms with Crippen LogP contribution in [0, 0.1) is 11.8 Å². The van der Waals surface area contributed by atoms with E-state index in [0.29, 0.717) is 25.9 Å². The number of aliphatic hydroxyl groups excluding tert-OH is 1. The first-order chi connectivity index (χ1) is 16.9. The van der Waals surface area contributed by atoms with E-state index >= 15 is 0 Å². The lowest BCUT2D eigenvalue weighted by Gasteiger charge is -2.40. The zero-order chi connectivity index (χ0) is 24.8. The Kier molecular flexibility index (Phi) is 6.05. The first-order valence-corrected chi connectivity index (χ1v) is 12.3. The number of cyclic esters (lactones) is 1. The standard InChI is InChI=1S/C27H32N2O6/c1-3-19(17-30)29-22-24(32)28(16-18-10-5-4-6-11-18)14-9-13-27(22)20(23(29)31)21-25(33)34-15-8-7-12-26(21,2)35-27/h4-7,9-13,19-22,30H,3,8,14-17H2,1-2H3/t19-,20-,21-,22?,26+,27-/m0/s1. The number of rotatable bonds is 5. The fourth-order valence-electron chi connectivity index (χ4n) is 6.23. The molecule has 2 amide bonds. The number of benzene rings is 1. The predicted molar refractivity (Wildman–Crippen MR) is 127 cm³/mol. The summed E-state index contributed by atoms with van der Waals surface area (Å²) in [6.45, 7) is 4.33. The van der Waals surface area contributed by atoms with Crippen molar-refractivity contribution in [3.63, 3.8) is 0 Å². The second-order valence-corrected chi connectivity index (χ2v) is 9.95. The number of aliphatic hydroxyl groups is 1. The van der Waals surface area contributed by atoms with Gasteiger partial charge in [-0.1, -0.05) is 61.6 Å². The van der Waals surface area contributed by atoms with Gasteiger partial charge in [0, 0.05) is 13.1 Å². The molecule has 4 heterocycles. The molecule has 0 aliphatic carbocycles. The topological polar surface area (TPSA) is 96.4 Å². The van der Waals surface area contributed by atoms with E-state index in [9.17, 15) is 19.5 Å². The first kappa shape index (κ1) is 23.8. The lowest BCUT2D eigenvalue weighted by Crippen LogP contribution is -2.58. The van der Waals surface area contributed by atoms with E-state index in [-0.39, 0.29) is 25.0 Å². The lowest BCUT2D eigenvalue weighted by atomic mass is 9.74. The molecule has 1 spiro atoms. The Balaban J connectivity index is 1.63. The van der Waals surface area contributed by atoms with Crippen LogP contribution in [-0.2, 0) is 30.4 Å². The van der Waals surface area contributed by atoms with E-state index in [4.69, 9.17) is 9.47 Å². The van der Waals surface area contributed by atoms with Gasteiger partial charge >= 0.3 is 5.97 Å². The number of likely N-dealkylation sites (tertiary alicyclic amines) is 1. The molecule has 0 saturated carbocycles. The zero-order valence-electron chi connectivity index (χ0n) is 20.1. The third kappa shape index (κ3) is 3.62. The average Bonchev–Trinajstić information content (AvgIpc) is 3.17. The van der Waals surface area contributed by atoms with Crippen LogP contribution >= 0.6 is 0 Å². The van der Waals surface area contributed by atoms with Gasteiger partial charge in [0.15, 0.2) is 0 Å². The smallest absolute Gasteiger partial charge is 0.313 e. The molecule has 6 atom stereocenters. The van der Waals surface area contributed by atoms with E-state index in [2.05, 4.69) is 0 Å². The highest BCUT2D eigenvalue weighted by Crippen LogP contribution is 2.57. The Hall–Kier alpha value is -2.97. The van der Waals surface area contributed by atoms with Gasteiger partial charge in [-0.2, -0.15) is 0 Å². The normalized spacial score (nSPS) is 35.1. The predicted octanol–water partition coefficient (Wildman–Crippen LogP) is 1.83. The van der Waals surface area contributed by atoms with Crippen molar-refractivity contribution in [1.29, 1.82) is 0 Å². The van der Waals surface area contributed by atoms with Gasteiger partial charge in [-0.3, -0.25) is 14.4 Å². The van der Waals surface area contributed by atoms with Gasteiger partial charge in [0.05, 0.1) is 30.8 Å². The number of nitrogens with zero attached hydrogens (tertiary/aromatic N) is 2. The van der Waals surface area contributed by atoms with E-state index in [1.807, 2.05) is 61.6 Å². The highest BCUT2D eigenvalue weighted by atomic mass is 16.6. The van der Waals surface area contributed by atoms with Crippen LogP contribution in [0.5, 0.6) is 0 Å². The van der Waals surface area contributed by atoms with E-state index in [1.54, 1.807) is 11.8 Å². The Labute approximate surface area is 205 Å². The lowest BCUT2D eigenvalue weighted by molar-refractivity contribution is -0.162. The molecule has 1 unspecified atom stereocenters. The molecule has 0 aromatic heterocycles. The quantitative estimate of drug-likeness (QED) is 0.510. The van der Waals surface area contributed by atoms with Crippen LogP contribution in [0.15, 0.2) is 54.6 Å². The number of carbonyl (C=O) groups excluding carboxylic acids is 3. The third-order valence-electron chi connectivity index (χ3n) is 7.83. The van der Waals surface area contributed by atoms with Gasteiger partial charge in [-0.25, -0.2) is 0 Å². The molecule has 1 N–H and O–H groups in total. The first-order valence-electron chi connectivity index (χ1n) is 12.3. The molecule has 2 fully saturated rings. The maximum atomic E-state index is 14.2. The second-order valence-electron chi connectivity index (χ2n) is 9.95. The van der Waals surface area contributed by atoms with Crippen molar-refractivity contribution in [3.05, 3.63) is 60.2 Å². The number of fused-ring (bicyclic) bond motifs is 2. The number of carbonyl (C=O) groups is 3. The SMILES string of the molecule is CC[C@@H](CO)N1C(=O)[C@@H]2[C@H]3C(=O)OCCC=C[C@@]3(C)O[C@@]23C=CCN(Cc2ccccc2)C(=O)C13. The van der Waals surface area contributed by atoms with Crippen molar-refractivity contribution in [2.24, 2.45) is 11.8 Å². The van der Waals surface area contributed by atoms with Gasteiger partial charge in [-0.15, -0.1) is 0 Å². The number of hydrogen-bond acceptors (Lipinski definition) is 6. The van der Waals surface area contributed by atoms with E-state index in [1.165, 1.54) is 4.90 Å². The van der Waals surface area contributed by atoms with Crippen LogP contribution in [0.3, 0.4) is 0 Å². The van der Waals surface area contributed by atoms with E-state index < -0.39 is 41.1 Å². The minimum atomic E-state index is -1.34. The third-order valence-corrected chi connectivity index (χ3v) is 7.83. The Bertz CT molecular complexity index is 1070. The number of ether oxygens (including phenoxy) is 2. The summed E-state index contributed by atoms with van der Waals surface area (Å²) < 4.78 is 12.2. The molecule has 4 aliphatic heterocycles. The fourth-order valence-corrected chi connectivity index (χ4v) is 6.23. The van der Waals surface area contributed by atoms with Crippen molar-refractivity contribution in [1.82, 2.24) is 9.80 Å². The summed E-state index contributed by atoms with van der Waals surface area (Å²) in [5.74, 6) is -2.92. The number of esters is 1. The van der Waals surface area contributed by atoms with Crippen molar-refractivity contribution in [3.8, 4) is 0 Å². The number of amides is 2. The summed E-state index contributed by atoms with van der Waals surface area (Å²) in [6, 6.07) is 8.11. The molecule has 35 heavy (non-hydrogen) atoms. The molecular weight excluding hydrogens is 448 g/mol. The molecule has 8 heteroatoms. The molecule has 186 valence electrons. The maximum absolute atomic E-state index is 14.2. The second kappa shape index (κ2) is 8.91. The Morgan fingerprint density at radius 2 is 1.86 bits per heavy atom. The van der Waals surface area contributed by atoms with Crippen LogP contribution in [0.2, 0.25) is 0 Å². The highest BCUT2D eigenvalue weighted by Gasteiger charge is 2.75. The van der Waals surface area contributed by atoms with Crippen LogP contribution in [0.25, 0.3) is 0 Å². The van der Waals surface area contributed by atoms with Crippen LogP contribution in [0.1, 0.15) is 32.3 Å². The molecule has 1 aromatic carbocycles. The van der Waals surface area contributed by atoms with Gasteiger partial charge in [-0.05, 0) is 25.3 Å². The van der Waals surface area contributed by atoms with Crippen molar-refractivity contribution < 1.29 is 29.0 Å². The van der Waals surface area contributed by atoms with Gasteiger partial charge in [0.1, 0.15) is 17.6 Å². The minimum absolute atomic E-state index is 0.233. The van der Waals surface area contributed by atoms with Crippen molar-refractivity contribution in [2.45, 2.75) is 56.5 Å². The maximum Gasteiger partial charge on any atom is 0.313 e. The summed E-state index contributed by atoms with van der Waals surface area (Å²) in [4.78, 5) is 44.7. The summed E-state index contributed by atoms with van der Waals surface area (Å²) in [6.07, 6.45) is 8.44. The monoisotopic (exact) mass is 480 g/mol. The summed E-state index contributed by atoms with van der Waals surface area (Å²) >= 11 is 0. The molecule has 5 rings (SSSR count). The average molecular weight is 481 g/mol. The van der Waals surface area contributed by atoms with Crippen LogP contribution in [-0.4, -0.2) is 75.7 Å². The van der Waals surface area contributed by atoms with Crippen LogP contribution < -0.4 is 0 Å². The molecule has 0 radical (unpaired) electrons. The van der Waals surface area contributed by atoms with Crippen molar-refractivity contribution in [2.75, 3.05) is 19.8 Å². The summed E-state index contributed by atoms with van der Waals surface area (Å²) in [5.41, 5.74) is -1.46. The van der Waals surface area contributed by atoms with Crippen LogP contribution in [0.4, 0.5) is 0 Å². The fraction of sp³-hybridized carbons (Fsp3) is 0.519. The molecular formula is C27H32N2O6. The largest absolute Gasteiger partial charge is 0.465 e. The van der Waals surface area contributed by atoms with Gasteiger partial charge < -0.3 is 24.4 Å². The molecule has 0 bridgehead atoms. The Morgan fingerprint density at radius 3 is 2.57 bits per heavy atom.